The average molecular weight is 183 g/mol. The SMILES string of the molecule is CC=CCN1CCCC1CC(=O)O. The zero-order valence-corrected chi connectivity index (χ0v) is 8.07. The fourth-order valence-corrected chi connectivity index (χ4v) is 1.81. The molecule has 1 N–H and O–H groups in total. The van der Waals surface area contributed by atoms with E-state index >= 15 is 0 Å². The molecule has 1 heterocycles. The molecule has 1 aliphatic heterocycles. The molecule has 74 valence electrons. The normalized spacial score (nSPS) is 24.2. The zero-order valence-electron chi connectivity index (χ0n) is 8.07. The second kappa shape index (κ2) is 5.02. The van der Waals surface area contributed by atoms with Gasteiger partial charge in [-0.1, -0.05) is 12.2 Å². The molecule has 1 fully saturated rings. The van der Waals surface area contributed by atoms with E-state index in [0.29, 0.717) is 0 Å². The molecule has 0 aromatic carbocycles. The smallest absolute Gasteiger partial charge is 0.304 e. The predicted octanol–water partition coefficient (Wildman–Crippen LogP) is 1.50. The number of nitrogens with zero attached hydrogens (tertiary/aromatic N) is 1. The van der Waals surface area contributed by atoms with Gasteiger partial charge in [-0.15, -0.1) is 0 Å². The van der Waals surface area contributed by atoms with Crippen molar-refractivity contribution in [3.8, 4) is 0 Å². The second-order valence-corrected chi connectivity index (χ2v) is 3.46. The monoisotopic (exact) mass is 183 g/mol. The van der Waals surface area contributed by atoms with Crippen molar-refractivity contribution in [1.29, 1.82) is 0 Å². The summed E-state index contributed by atoms with van der Waals surface area (Å²) in [6.07, 6.45) is 6.55. The fourth-order valence-electron chi connectivity index (χ4n) is 1.81. The van der Waals surface area contributed by atoms with E-state index in [-0.39, 0.29) is 12.5 Å². The van der Waals surface area contributed by atoms with Crippen molar-refractivity contribution in [3.05, 3.63) is 12.2 Å². The van der Waals surface area contributed by atoms with E-state index in [1.54, 1.807) is 0 Å². The van der Waals surface area contributed by atoms with Crippen LogP contribution in [0.25, 0.3) is 0 Å². The van der Waals surface area contributed by atoms with Gasteiger partial charge in [0.25, 0.3) is 0 Å². The number of allylic oxidation sites excluding steroid dienone is 1. The maximum atomic E-state index is 10.5. The van der Waals surface area contributed by atoms with Gasteiger partial charge in [0, 0.05) is 12.6 Å². The second-order valence-electron chi connectivity index (χ2n) is 3.46. The summed E-state index contributed by atoms with van der Waals surface area (Å²) in [6, 6.07) is 0.258. The molecule has 1 atom stereocenters. The highest BCUT2D eigenvalue weighted by atomic mass is 16.4. The van der Waals surface area contributed by atoms with E-state index < -0.39 is 5.97 Å². The number of carboxylic acids is 1. The van der Waals surface area contributed by atoms with Crippen LogP contribution in [0.1, 0.15) is 26.2 Å². The molecular weight excluding hydrogens is 166 g/mol. The first-order chi connectivity index (χ1) is 6.24. The molecule has 1 rings (SSSR count). The molecular formula is C10H17NO2. The van der Waals surface area contributed by atoms with E-state index in [9.17, 15) is 4.79 Å². The Hall–Kier alpha value is -0.830. The van der Waals surface area contributed by atoms with Crippen LogP contribution in [-0.2, 0) is 4.79 Å². The van der Waals surface area contributed by atoms with Crippen molar-refractivity contribution >= 4 is 5.97 Å². The van der Waals surface area contributed by atoms with Gasteiger partial charge in [-0.2, -0.15) is 0 Å². The average Bonchev–Trinajstić information content (AvgIpc) is 2.48. The molecule has 0 aromatic rings. The van der Waals surface area contributed by atoms with Crippen LogP contribution in [0.4, 0.5) is 0 Å². The highest BCUT2D eigenvalue weighted by molar-refractivity contribution is 5.67. The van der Waals surface area contributed by atoms with Crippen molar-refractivity contribution < 1.29 is 9.90 Å². The van der Waals surface area contributed by atoms with Crippen molar-refractivity contribution in [3.63, 3.8) is 0 Å². The lowest BCUT2D eigenvalue weighted by molar-refractivity contribution is -0.138. The first kappa shape index (κ1) is 10.3. The van der Waals surface area contributed by atoms with Crippen LogP contribution in [-0.4, -0.2) is 35.1 Å². The lowest BCUT2D eigenvalue weighted by atomic mass is 10.1. The Morgan fingerprint density at radius 2 is 2.46 bits per heavy atom. The Morgan fingerprint density at radius 3 is 3.08 bits per heavy atom. The lowest BCUT2D eigenvalue weighted by Gasteiger charge is -2.21. The highest BCUT2D eigenvalue weighted by Crippen LogP contribution is 2.19. The number of carbonyl (C=O) groups is 1. The summed E-state index contributed by atoms with van der Waals surface area (Å²) in [5.74, 6) is -0.683. The molecule has 0 saturated carbocycles. The minimum Gasteiger partial charge on any atom is -0.481 e. The van der Waals surface area contributed by atoms with Gasteiger partial charge in [-0.3, -0.25) is 9.69 Å². The molecule has 3 nitrogen and oxygen atoms in total. The van der Waals surface area contributed by atoms with E-state index in [4.69, 9.17) is 5.11 Å². The van der Waals surface area contributed by atoms with Gasteiger partial charge < -0.3 is 5.11 Å². The van der Waals surface area contributed by atoms with Gasteiger partial charge in [0.15, 0.2) is 0 Å². The van der Waals surface area contributed by atoms with Gasteiger partial charge in [0.05, 0.1) is 6.42 Å². The predicted molar refractivity (Wildman–Crippen MR) is 51.7 cm³/mol. The molecule has 1 aliphatic rings. The standard InChI is InChI=1S/C10H17NO2/c1-2-3-6-11-7-4-5-9(11)8-10(12)13/h2-3,9H,4-8H2,1H3,(H,12,13). The van der Waals surface area contributed by atoms with E-state index in [2.05, 4.69) is 11.0 Å². The summed E-state index contributed by atoms with van der Waals surface area (Å²) in [4.78, 5) is 12.8. The summed E-state index contributed by atoms with van der Waals surface area (Å²) in [5.41, 5.74) is 0. The van der Waals surface area contributed by atoms with E-state index in [0.717, 1.165) is 25.9 Å². The Kier molecular flexibility index (Phi) is 3.96. The topological polar surface area (TPSA) is 40.5 Å². The number of rotatable bonds is 4. The summed E-state index contributed by atoms with van der Waals surface area (Å²) < 4.78 is 0. The summed E-state index contributed by atoms with van der Waals surface area (Å²) in [6.45, 7) is 3.93. The molecule has 0 aromatic heterocycles. The van der Waals surface area contributed by atoms with Crippen LogP contribution in [0.5, 0.6) is 0 Å². The summed E-state index contributed by atoms with van der Waals surface area (Å²) in [5, 5.41) is 8.67. The van der Waals surface area contributed by atoms with Crippen LogP contribution in [0.15, 0.2) is 12.2 Å². The maximum Gasteiger partial charge on any atom is 0.304 e. The van der Waals surface area contributed by atoms with E-state index in [1.807, 2.05) is 13.0 Å². The number of aliphatic carboxylic acids is 1. The molecule has 3 heteroatoms. The maximum absolute atomic E-state index is 10.5. The third-order valence-electron chi connectivity index (χ3n) is 2.48. The molecule has 0 aliphatic carbocycles. The van der Waals surface area contributed by atoms with Gasteiger partial charge in [-0.05, 0) is 26.3 Å². The Labute approximate surface area is 79.0 Å². The van der Waals surface area contributed by atoms with Crippen molar-refractivity contribution in [2.45, 2.75) is 32.2 Å². The van der Waals surface area contributed by atoms with Crippen molar-refractivity contribution in [2.24, 2.45) is 0 Å². The number of likely N-dealkylation sites (tertiary alicyclic amines) is 1. The van der Waals surface area contributed by atoms with Crippen LogP contribution >= 0.6 is 0 Å². The highest BCUT2D eigenvalue weighted by Gasteiger charge is 2.25. The van der Waals surface area contributed by atoms with Crippen LogP contribution < -0.4 is 0 Å². The number of hydrogen-bond donors (Lipinski definition) is 1. The first-order valence-electron chi connectivity index (χ1n) is 4.81. The van der Waals surface area contributed by atoms with Gasteiger partial charge in [0.1, 0.15) is 0 Å². The zero-order chi connectivity index (χ0) is 9.68. The van der Waals surface area contributed by atoms with Gasteiger partial charge in [0.2, 0.25) is 0 Å². The minimum absolute atomic E-state index is 0.258. The quantitative estimate of drug-likeness (QED) is 0.671. The Morgan fingerprint density at radius 1 is 1.69 bits per heavy atom. The van der Waals surface area contributed by atoms with Crippen LogP contribution in [0.2, 0.25) is 0 Å². The summed E-state index contributed by atoms with van der Waals surface area (Å²) in [7, 11) is 0. The lowest BCUT2D eigenvalue weighted by Crippen LogP contribution is -2.31. The van der Waals surface area contributed by atoms with E-state index in [1.165, 1.54) is 0 Å². The van der Waals surface area contributed by atoms with Crippen molar-refractivity contribution in [1.82, 2.24) is 4.90 Å². The molecule has 0 radical (unpaired) electrons. The van der Waals surface area contributed by atoms with Crippen LogP contribution in [0, 0.1) is 0 Å². The van der Waals surface area contributed by atoms with Gasteiger partial charge >= 0.3 is 5.97 Å². The Bertz CT molecular complexity index is 201. The molecule has 1 unspecified atom stereocenters. The Balaban J connectivity index is 2.39. The van der Waals surface area contributed by atoms with Gasteiger partial charge in [-0.25, -0.2) is 0 Å². The largest absolute Gasteiger partial charge is 0.481 e. The third kappa shape index (κ3) is 3.19. The number of carboxylic acid groups (broad SMARTS) is 1. The van der Waals surface area contributed by atoms with Crippen molar-refractivity contribution in [2.75, 3.05) is 13.1 Å². The third-order valence-corrected chi connectivity index (χ3v) is 2.48. The molecule has 0 amide bonds. The number of hydrogen-bond acceptors (Lipinski definition) is 2. The molecule has 0 spiro atoms. The summed E-state index contributed by atoms with van der Waals surface area (Å²) >= 11 is 0. The molecule has 0 bridgehead atoms. The molecule has 1 saturated heterocycles. The molecule has 13 heavy (non-hydrogen) atoms. The van der Waals surface area contributed by atoms with Crippen LogP contribution in [0.3, 0.4) is 0 Å². The fraction of sp³-hybridized carbons (Fsp3) is 0.700. The minimum atomic E-state index is -0.683. The first-order valence-corrected chi connectivity index (χ1v) is 4.81.